The summed E-state index contributed by atoms with van der Waals surface area (Å²) in [5.74, 6) is 1.12. The van der Waals surface area contributed by atoms with Gasteiger partial charge in [-0.05, 0) is 50.5 Å². The van der Waals surface area contributed by atoms with Crippen molar-refractivity contribution < 1.29 is 9.72 Å². The molecule has 4 rings (SSSR count). The minimum Gasteiger partial charge on any atom is -0.366 e. The first kappa shape index (κ1) is 19.2. The molecule has 2 saturated heterocycles. The van der Waals surface area contributed by atoms with Gasteiger partial charge < -0.3 is 9.80 Å². The number of rotatable bonds is 4. The fraction of sp³-hybridized carbons (Fsp3) is 0.682. The van der Waals surface area contributed by atoms with Gasteiger partial charge in [-0.15, -0.1) is 0 Å². The number of nitro groups is 1. The standard InChI is InChI=1S/C22H31N3O3/c26-22(24-14-6-11-19(24)17-7-2-1-3-8-17)18-12-15-23(16-13-18)20-9-4-5-10-21(20)25(27)28/h4-5,9-10,17-19H,1-3,6-8,11-16H2/t19-/m1/s1. The number of nitrogens with zero attached hydrogens (tertiary/aromatic N) is 3. The number of para-hydroxylation sites is 2. The Morgan fingerprint density at radius 2 is 1.64 bits per heavy atom. The largest absolute Gasteiger partial charge is 0.366 e. The van der Waals surface area contributed by atoms with E-state index in [4.69, 9.17) is 0 Å². The van der Waals surface area contributed by atoms with Crippen molar-refractivity contribution in [2.75, 3.05) is 24.5 Å². The minimum atomic E-state index is -0.314. The van der Waals surface area contributed by atoms with Crippen molar-refractivity contribution in [1.82, 2.24) is 4.90 Å². The summed E-state index contributed by atoms with van der Waals surface area (Å²) in [5.41, 5.74) is 0.837. The molecular weight excluding hydrogens is 354 g/mol. The second-order valence-electron chi connectivity index (χ2n) is 8.65. The van der Waals surface area contributed by atoms with Crippen molar-refractivity contribution >= 4 is 17.3 Å². The summed E-state index contributed by atoms with van der Waals surface area (Å²) < 4.78 is 0. The van der Waals surface area contributed by atoms with Crippen molar-refractivity contribution in [2.24, 2.45) is 11.8 Å². The molecule has 0 aromatic heterocycles. The molecule has 0 N–H and O–H groups in total. The first-order valence-corrected chi connectivity index (χ1v) is 10.9. The zero-order valence-electron chi connectivity index (χ0n) is 16.6. The highest BCUT2D eigenvalue weighted by atomic mass is 16.6. The molecule has 28 heavy (non-hydrogen) atoms. The van der Waals surface area contributed by atoms with Crippen molar-refractivity contribution in [3.05, 3.63) is 34.4 Å². The van der Waals surface area contributed by atoms with E-state index in [1.807, 2.05) is 12.1 Å². The van der Waals surface area contributed by atoms with Gasteiger partial charge in [0.25, 0.3) is 5.69 Å². The summed E-state index contributed by atoms with van der Waals surface area (Å²) in [6, 6.07) is 7.39. The fourth-order valence-corrected chi connectivity index (χ4v) is 5.56. The normalized spacial score (nSPS) is 24.5. The molecule has 152 valence electrons. The summed E-state index contributed by atoms with van der Waals surface area (Å²) in [7, 11) is 0. The number of likely N-dealkylation sites (tertiary alicyclic amines) is 1. The van der Waals surface area contributed by atoms with Crippen molar-refractivity contribution in [2.45, 2.75) is 63.8 Å². The third-order valence-corrected chi connectivity index (χ3v) is 7.04. The number of carbonyl (C=O) groups excluding carboxylic acids is 1. The number of hydrogen-bond acceptors (Lipinski definition) is 4. The maximum Gasteiger partial charge on any atom is 0.292 e. The van der Waals surface area contributed by atoms with E-state index >= 15 is 0 Å². The molecule has 1 atom stereocenters. The second kappa shape index (κ2) is 8.50. The lowest BCUT2D eigenvalue weighted by molar-refractivity contribution is -0.384. The van der Waals surface area contributed by atoms with Gasteiger partial charge in [-0.3, -0.25) is 14.9 Å². The van der Waals surface area contributed by atoms with Crippen LogP contribution in [0.1, 0.15) is 57.8 Å². The van der Waals surface area contributed by atoms with E-state index in [-0.39, 0.29) is 16.5 Å². The van der Waals surface area contributed by atoms with Crippen LogP contribution in [-0.4, -0.2) is 41.4 Å². The van der Waals surface area contributed by atoms with E-state index < -0.39 is 0 Å². The lowest BCUT2D eigenvalue weighted by atomic mass is 9.82. The van der Waals surface area contributed by atoms with E-state index in [2.05, 4.69) is 9.80 Å². The quantitative estimate of drug-likeness (QED) is 0.570. The van der Waals surface area contributed by atoms with Crippen LogP contribution >= 0.6 is 0 Å². The van der Waals surface area contributed by atoms with E-state index in [0.717, 1.165) is 25.8 Å². The monoisotopic (exact) mass is 385 g/mol. The zero-order chi connectivity index (χ0) is 19.5. The van der Waals surface area contributed by atoms with Gasteiger partial charge in [0.2, 0.25) is 5.91 Å². The first-order valence-electron chi connectivity index (χ1n) is 10.9. The predicted molar refractivity (Wildman–Crippen MR) is 109 cm³/mol. The van der Waals surface area contributed by atoms with Crippen LogP contribution in [0.5, 0.6) is 0 Å². The Hall–Kier alpha value is -2.11. The van der Waals surface area contributed by atoms with Gasteiger partial charge in [0, 0.05) is 37.7 Å². The average Bonchev–Trinajstić information content (AvgIpc) is 3.24. The number of piperidine rings is 1. The molecule has 2 heterocycles. The molecule has 6 nitrogen and oxygen atoms in total. The van der Waals surface area contributed by atoms with Crippen LogP contribution < -0.4 is 4.90 Å². The molecule has 0 spiro atoms. The van der Waals surface area contributed by atoms with Crippen LogP contribution in [0.2, 0.25) is 0 Å². The molecule has 1 aromatic carbocycles. The number of nitro benzene ring substituents is 1. The molecule has 1 saturated carbocycles. The summed E-state index contributed by atoms with van der Waals surface area (Å²) in [4.78, 5) is 28.6. The highest BCUT2D eigenvalue weighted by molar-refractivity contribution is 5.80. The van der Waals surface area contributed by atoms with Crippen LogP contribution in [-0.2, 0) is 4.79 Å². The summed E-state index contributed by atoms with van der Waals surface area (Å²) in [6.07, 6.45) is 10.4. The van der Waals surface area contributed by atoms with E-state index in [1.165, 1.54) is 38.5 Å². The lowest BCUT2D eigenvalue weighted by Gasteiger charge is -2.38. The lowest BCUT2D eigenvalue weighted by Crippen LogP contribution is -2.46. The average molecular weight is 386 g/mol. The predicted octanol–water partition coefficient (Wildman–Crippen LogP) is 4.38. The first-order chi connectivity index (χ1) is 13.6. The Balaban J connectivity index is 1.38. The SMILES string of the molecule is O=C(C1CCN(c2ccccc2[N+](=O)[O-])CC1)N1CCC[C@@H]1C1CCCCC1. The fourth-order valence-electron chi connectivity index (χ4n) is 5.56. The summed E-state index contributed by atoms with van der Waals surface area (Å²) in [5, 5.41) is 11.3. The maximum absolute atomic E-state index is 13.3. The van der Waals surface area contributed by atoms with Gasteiger partial charge in [0.15, 0.2) is 0 Å². The molecular formula is C22H31N3O3. The number of hydrogen-bond donors (Lipinski definition) is 0. The zero-order valence-corrected chi connectivity index (χ0v) is 16.6. The Kier molecular flexibility index (Phi) is 5.83. The molecule has 0 unspecified atom stereocenters. The van der Waals surface area contributed by atoms with Crippen molar-refractivity contribution in [3.63, 3.8) is 0 Å². The number of amides is 1. The minimum absolute atomic E-state index is 0.0724. The maximum atomic E-state index is 13.3. The van der Waals surface area contributed by atoms with Crippen LogP contribution in [0, 0.1) is 22.0 Å². The Bertz CT molecular complexity index is 709. The Labute approximate surface area is 167 Å². The van der Waals surface area contributed by atoms with E-state index in [1.54, 1.807) is 12.1 Å². The van der Waals surface area contributed by atoms with Gasteiger partial charge in [0.1, 0.15) is 5.69 Å². The molecule has 3 fully saturated rings. The molecule has 1 amide bonds. The topological polar surface area (TPSA) is 66.7 Å². The number of anilines is 1. The highest BCUT2D eigenvalue weighted by Crippen LogP contribution is 2.37. The van der Waals surface area contributed by atoms with E-state index in [0.29, 0.717) is 36.6 Å². The van der Waals surface area contributed by atoms with Crippen molar-refractivity contribution in [1.29, 1.82) is 0 Å². The highest BCUT2D eigenvalue weighted by Gasteiger charge is 2.38. The second-order valence-corrected chi connectivity index (χ2v) is 8.65. The van der Waals surface area contributed by atoms with Crippen molar-refractivity contribution in [3.8, 4) is 0 Å². The molecule has 0 bridgehead atoms. The third kappa shape index (κ3) is 3.87. The number of carbonyl (C=O) groups is 1. The Morgan fingerprint density at radius 3 is 2.36 bits per heavy atom. The molecule has 1 aliphatic carbocycles. The van der Waals surface area contributed by atoms with Crippen LogP contribution in [0.4, 0.5) is 11.4 Å². The Morgan fingerprint density at radius 1 is 0.929 bits per heavy atom. The number of benzene rings is 1. The van der Waals surface area contributed by atoms with Gasteiger partial charge in [-0.25, -0.2) is 0 Å². The molecule has 2 aliphatic heterocycles. The summed E-state index contributed by atoms with van der Waals surface area (Å²) in [6.45, 7) is 2.34. The van der Waals surface area contributed by atoms with Crippen LogP contribution in [0.15, 0.2) is 24.3 Å². The molecule has 3 aliphatic rings. The summed E-state index contributed by atoms with van der Waals surface area (Å²) >= 11 is 0. The molecule has 6 heteroatoms. The van der Waals surface area contributed by atoms with E-state index in [9.17, 15) is 14.9 Å². The molecule has 1 aromatic rings. The van der Waals surface area contributed by atoms with Gasteiger partial charge >= 0.3 is 0 Å². The van der Waals surface area contributed by atoms with Gasteiger partial charge in [-0.2, -0.15) is 0 Å². The molecule has 0 radical (unpaired) electrons. The van der Waals surface area contributed by atoms with Crippen LogP contribution in [0.25, 0.3) is 0 Å². The smallest absolute Gasteiger partial charge is 0.292 e. The van der Waals surface area contributed by atoms with Gasteiger partial charge in [0.05, 0.1) is 4.92 Å². The third-order valence-electron chi connectivity index (χ3n) is 7.04. The van der Waals surface area contributed by atoms with Gasteiger partial charge in [-0.1, -0.05) is 31.4 Å². The van der Waals surface area contributed by atoms with Crippen LogP contribution in [0.3, 0.4) is 0 Å².